The fourth-order valence-corrected chi connectivity index (χ4v) is 3.32. The summed E-state index contributed by atoms with van der Waals surface area (Å²) >= 11 is 0. The number of rotatable bonds is 4. The van der Waals surface area contributed by atoms with Gasteiger partial charge in [-0.25, -0.2) is 4.39 Å². The summed E-state index contributed by atoms with van der Waals surface area (Å²) in [5.41, 5.74) is -0.0684. The first-order chi connectivity index (χ1) is 13.3. The summed E-state index contributed by atoms with van der Waals surface area (Å²) in [5.74, 6) is -0.689. The Bertz CT molecular complexity index is 846. The normalized spacial score (nSPS) is 15.5. The van der Waals surface area contributed by atoms with Crippen LogP contribution in [0.25, 0.3) is 0 Å². The van der Waals surface area contributed by atoms with Gasteiger partial charge in [-0.05, 0) is 24.3 Å². The Balaban J connectivity index is 1.60. The largest absolute Gasteiger partial charge is 0.497 e. The summed E-state index contributed by atoms with van der Waals surface area (Å²) in [6.45, 7) is 2.44. The molecule has 0 unspecified atom stereocenters. The van der Waals surface area contributed by atoms with Gasteiger partial charge in [0, 0.05) is 11.6 Å². The highest BCUT2D eigenvalue weighted by Crippen LogP contribution is 2.29. The monoisotopic (exact) mass is 397 g/mol. The fraction of sp³-hybridized carbons (Fsp3) is 0.350. The molecule has 0 saturated carbocycles. The van der Waals surface area contributed by atoms with E-state index in [9.17, 15) is 22.4 Å². The number of methoxy groups -OCH3 is 1. The van der Waals surface area contributed by atoms with Gasteiger partial charge in [0.05, 0.1) is 44.4 Å². The molecule has 4 nitrogen and oxygen atoms in total. The van der Waals surface area contributed by atoms with Gasteiger partial charge in [0.25, 0.3) is 5.91 Å². The Morgan fingerprint density at radius 3 is 2.46 bits per heavy atom. The van der Waals surface area contributed by atoms with Crippen molar-refractivity contribution in [3.63, 3.8) is 0 Å². The average molecular weight is 397 g/mol. The summed E-state index contributed by atoms with van der Waals surface area (Å²) in [5, 5.41) is 0. The van der Waals surface area contributed by atoms with Gasteiger partial charge >= 0.3 is 6.18 Å². The molecule has 0 spiro atoms. The number of nitrogens with zero attached hydrogens (tertiary/aromatic N) is 1. The Kier molecular flexibility index (Phi) is 5.88. The number of piperazine rings is 1. The molecule has 1 fully saturated rings. The molecule has 2 aromatic rings. The summed E-state index contributed by atoms with van der Waals surface area (Å²) in [7, 11) is 1.42. The molecule has 0 aliphatic carbocycles. The lowest BCUT2D eigenvalue weighted by atomic mass is 10.1. The highest BCUT2D eigenvalue weighted by molar-refractivity contribution is 5.94. The van der Waals surface area contributed by atoms with E-state index in [0.29, 0.717) is 44.0 Å². The van der Waals surface area contributed by atoms with Gasteiger partial charge in [-0.2, -0.15) is 13.2 Å². The Hall–Kier alpha value is -2.61. The molecule has 0 atom stereocenters. The number of hydrogen-bond donors (Lipinski definition) is 1. The Morgan fingerprint density at radius 2 is 1.86 bits per heavy atom. The predicted molar refractivity (Wildman–Crippen MR) is 94.7 cm³/mol. The van der Waals surface area contributed by atoms with Crippen molar-refractivity contribution < 1.29 is 32.0 Å². The highest BCUT2D eigenvalue weighted by Gasteiger charge is 2.31. The summed E-state index contributed by atoms with van der Waals surface area (Å²) in [4.78, 5) is 15.2. The molecule has 2 aromatic carbocycles. The minimum Gasteiger partial charge on any atom is -0.497 e. The number of hydrogen-bond acceptors (Lipinski definition) is 2. The van der Waals surface area contributed by atoms with Crippen LogP contribution >= 0.6 is 0 Å². The van der Waals surface area contributed by atoms with Crippen LogP contribution in [-0.2, 0) is 12.7 Å². The second kappa shape index (κ2) is 8.18. The predicted octanol–water partition coefficient (Wildman–Crippen LogP) is 2.39. The highest BCUT2D eigenvalue weighted by atomic mass is 19.4. The maximum atomic E-state index is 14.1. The van der Waals surface area contributed by atoms with E-state index in [2.05, 4.69) is 0 Å². The smallest absolute Gasteiger partial charge is 0.416 e. The molecule has 0 bridgehead atoms. The zero-order chi connectivity index (χ0) is 20.3. The number of amides is 1. The van der Waals surface area contributed by atoms with Crippen LogP contribution in [0.4, 0.5) is 17.6 Å². The third-order valence-corrected chi connectivity index (χ3v) is 4.87. The van der Waals surface area contributed by atoms with Gasteiger partial charge in [0.2, 0.25) is 0 Å². The van der Waals surface area contributed by atoms with E-state index < -0.39 is 23.5 Å². The zero-order valence-corrected chi connectivity index (χ0v) is 15.4. The van der Waals surface area contributed by atoms with E-state index >= 15 is 0 Å². The van der Waals surface area contributed by atoms with Crippen molar-refractivity contribution in [2.75, 3.05) is 33.3 Å². The van der Waals surface area contributed by atoms with Gasteiger partial charge in [-0.1, -0.05) is 12.1 Å². The number of quaternary nitrogens is 1. The van der Waals surface area contributed by atoms with Crippen LogP contribution in [-0.4, -0.2) is 44.1 Å². The van der Waals surface area contributed by atoms with Crippen LogP contribution in [0.2, 0.25) is 0 Å². The first-order valence-corrected chi connectivity index (χ1v) is 8.90. The Labute approximate surface area is 160 Å². The van der Waals surface area contributed by atoms with Crippen LogP contribution < -0.4 is 9.64 Å². The minimum absolute atomic E-state index is 0.0119. The molecule has 1 N–H and O–H groups in total. The number of carbonyl (C=O) groups is 1. The molecule has 8 heteroatoms. The lowest BCUT2D eigenvalue weighted by Crippen LogP contribution is -3.13. The van der Waals surface area contributed by atoms with Gasteiger partial charge in [-0.15, -0.1) is 0 Å². The van der Waals surface area contributed by atoms with Crippen LogP contribution in [0.15, 0.2) is 42.5 Å². The quantitative estimate of drug-likeness (QED) is 0.804. The summed E-state index contributed by atoms with van der Waals surface area (Å²) < 4.78 is 57.6. The lowest BCUT2D eigenvalue weighted by molar-refractivity contribution is -0.917. The topological polar surface area (TPSA) is 34.0 Å². The van der Waals surface area contributed by atoms with Crippen molar-refractivity contribution in [2.45, 2.75) is 12.7 Å². The van der Waals surface area contributed by atoms with E-state index in [4.69, 9.17) is 4.74 Å². The average Bonchev–Trinajstić information content (AvgIpc) is 2.67. The molecule has 28 heavy (non-hydrogen) atoms. The van der Waals surface area contributed by atoms with Crippen LogP contribution in [0.3, 0.4) is 0 Å². The lowest BCUT2D eigenvalue weighted by Gasteiger charge is -2.32. The zero-order valence-electron chi connectivity index (χ0n) is 15.4. The second-order valence-electron chi connectivity index (χ2n) is 6.76. The number of benzene rings is 2. The van der Waals surface area contributed by atoms with E-state index in [1.54, 1.807) is 11.0 Å². The van der Waals surface area contributed by atoms with E-state index in [1.165, 1.54) is 31.4 Å². The molecule has 1 saturated heterocycles. The first kappa shape index (κ1) is 20.1. The first-order valence-electron chi connectivity index (χ1n) is 8.90. The van der Waals surface area contributed by atoms with Gasteiger partial charge in [-0.3, -0.25) is 4.79 Å². The van der Waals surface area contributed by atoms with Gasteiger partial charge in [0.1, 0.15) is 18.1 Å². The van der Waals surface area contributed by atoms with E-state index in [1.807, 2.05) is 0 Å². The van der Waals surface area contributed by atoms with Crippen molar-refractivity contribution in [3.05, 3.63) is 65.0 Å². The molecule has 1 amide bonds. The van der Waals surface area contributed by atoms with Crippen LogP contribution in [0.5, 0.6) is 5.75 Å². The molecule has 0 aromatic heterocycles. The number of halogens is 4. The third-order valence-electron chi connectivity index (χ3n) is 4.87. The van der Waals surface area contributed by atoms with E-state index in [0.717, 1.165) is 17.0 Å². The van der Waals surface area contributed by atoms with E-state index in [-0.39, 0.29) is 5.56 Å². The minimum atomic E-state index is -4.36. The number of alkyl halides is 3. The van der Waals surface area contributed by atoms with Crippen molar-refractivity contribution in [3.8, 4) is 5.75 Å². The van der Waals surface area contributed by atoms with Gasteiger partial charge in [0.15, 0.2) is 0 Å². The number of nitrogens with one attached hydrogen (secondary N) is 1. The molecule has 3 rings (SSSR count). The van der Waals surface area contributed by atoms with Crippen molar-refractivity contribution in [1.29, 1.82) is 0 Å². The van der Waals surface area contributed by atoms with Gasteiger partial charge < -0.3 is 14.5 Å². The maximum absolute atomic E-state index is 14.1. The summed E-state index contributed by atoms with van der Waals surface area (Å²) in [6, 6.07) is 9.40. The SMILES string of the molecule is COc1ccc(C(=O)N2CC[NH+](Cc3cccc(C(F)(F)F)c3)CC2)c(F)c1. The molecule has 1 aliphatic rings. The molecular weight excluding hydrogens is 376 g/mol. The fourth-order valence-electron chi connectivity index (χ4n) is 3.32. The second-order valence-corrected chi connectivity index (χ2v) is 6.76. The summed E-state index contributed by atoms with van der Waals surface area (Å²) in [6.07, 6.45) is -4.36. The molecule has 0 radical (unpaired) electrons. The number of ether oxygens (including phenoxy) is 1. The molecule has 1 heterocycles. The molecular formula is C20H21F4N2O2+. The molecule has 1 aliphatic heterocycles. The standard InChI is InChI=1S/C20H20F4N2O2/c1-28-16-5-6-17(18(21)12-16)19(27)26-9-7-25(8-10-26)13-14-3-2-4-15(11-14)20(22,23)24/h2-6,11-12H,7-10,13H2,1H3/p+1. The Morgan fingerprint density at radius 1 is 1.14 bits per heavy atom. The van der Waals surface area contributed by atoms with Crippen molar-refractivity contribution >= 4 is 5.91 Å². The van der Waals surface area contributed by atoms with Crippen LogP contribution in [0.1, 0.15) is 21.5 Å². The van der Waals surface area contributed by atoms with Crippen molar-refractivity contribution in [1.82, 2.24) is 4.90 Å². The third kappa shape index (κ3) is 4.62. The maximum Gasteiger partial charge on any atom is 0.416 e. The van der Waals surface area contributed by atoms with Crippen molar-refractivity contribution in [2.24, 2.45) is 0 Å². The van der Waals surface area contributed by atoms with Crippen LogP contribution in [0, 0.1) is 5.82 Å². The molecule has 150 valence electrons. The number of carbonyl (C=O) groups excluding carboxylic acids is 1.